The molecule has 7 nitrogen and oxygen atoms in total. The van der Waals surface area contributed by atoms with E-state index in [0.29, 0.717) is 17.0 Å². The van der Waals surface area contributed by atoms with E-state index >= 15 is 0 Å². The molecule has 1 aromatic heterocycles. The third-order valence-corrected chi connectivity index (χ3v) is 6.14. The zero-order valence-electron chi connectivity index (χ0n) is 18.8. The minimum atomic E-state index is -0.394. The minimum Gasteiger partial charge on any atom is -0.495 e. The van der Waals surface area contributed by atoms with Crippen LogP contribution in [0.1, 0.15) is 36.7 Å². The van der Waals surface area contributed by atoms with Gasteiger partial charge in [0, 0.05) is 39.7 Å². The molecule has 1 heterocycles. The Balaban J connectivity index is 1.61. The first-order valence-electron chi connectivity index (χ1n) is 10.5. The fourth-order valence-electron chi connectivity index (χ4n) is 3.41. The van der Waals surface area contributed by atoms with Gasteiger partial charge in [-0.3, -0.25) is 9.59 Å². The van der Waals surface area contributed by atoms with Gasteiger partial charge in [0.05, 0.1) is 25.1 Å². The first-order valence-corrected chi connectivity index (χ1v) is 11.4. The number of hydrazone groups is 1. The second-order valence-corrected chi connectivity index (χ2v) is 8.03. The molecule has 0 aliphatic rings. The Kier molecular flexibility index (Phi) is 7.83. The molecule has 0 saturated carbocycles. The second kappa shape index (κ2) is 10.8. The van der Waals surface area contributed by atoms with Crippen LogP contribution in [0.5, 0.6) is 5.75 Å². The molecule has 0 saturated heterocycles. The number of amides is 2. The summed E-state index contributed by atoms with van der Waals surface area (Å²) in [7, 11) is 1.60. The zero-order valence-corrected chi connectivity index (χ0v) is 19.6. The maximum atomic E-state index is 12.6. The van der Waals surface area contributed by atoms with Gasteiger partial charge in [0.15, 0.2) is 0 Å². The highest BCUT2D eigenvalue weighted by Crippen LogP contribution is 2.29. The van der Waals surface area contributed by atoms with Crippen molar-refractivity contribution in [2.24, 2.45) is 5.10 Å². The molecule has 3 rings (SSSR count). The summed E-state index contributed by atoms with van der Waals surface area (Å²) >= 11 is 1.63. The molecule has 2 aromatic carbocycles. The van der Waals surface area contributed by atoms with E-state index in [4.69, 9.17) is 4.74 Å². The van der Waals surface area contributed by atoms with Crippen molar-refractivity contribution in [1.29, 1.82) is 0 Å². The molecule has 0 atom stereocenters. The Bertz CT molecular complexity index is 1140. The Labute approximate surface area is 192 Å². The van der Waals surface area contributed by atoms with E-state index in [2.05, 4.69) is 26.8 Å². The van der Waals surface area contributed by atoms with Crippen LogP contribution >= 0.6 is 11.3 Å². The number of methoxy groups -OCH3 is 1. The van der Waals surface area contributed by atoms with Crippen LogP contribution in [0.2, 0.25) is 0 Å². The van der Waals surface area contributed by atoms with Crippen molar-refractivity contribution in [3.63, 3.8) is 0 Å². The molecule has 0 aliphatic heterocycles. The summed E-state index contributed by atoms with van der Waals surface area (Å²) in [5, 5.41) is 9.97. The zero-order chi connectivity index (χ0) is 23.1. The molecule has 0 unspecified atom stereocenters. The van der Waals surface area contributed by atoms with Gasteiger partial charge in [-0.1, -0.05) is 18.2 Å². The number of ether oxygens (including phenoxy) is 1. The molecule has 32 heavy (non-hydrogen) atoms. The van der Waals surface area contributed by atoms with Crippen molar-refractivity contribution in [1.82, 2.24) is 10.7 Å². The fourth-order valence-corrected chi connectivity index (χ4v) is 4.41. The number of carbonyl (C=O) groups excluding carboxylic acids is 2. The molecule has 8 heteroatoms. The maximum absolute atomic E-state index is 12.6. The largest absolute Gasteiger partial charge is 0.495 e. The highest BCUT2D eigenvalue weighted by atomic mass is 32.1. The highest BCUT2D eigenvalue weighted by molar-refractivity contribution is 7.17. The predicted molar refractivity (Wildman–Crippen MR) is 131 cm³/mol. The lowest BCUT2D eigenvalue weighted by molar-refractivity contribution is -0.120. The number of rotatable bonds is 9. The number of benzene rings is 2. The van der Waals surface area contributed by atoms with Crippen molar-refractivity contribution in [2.45, 2.75) is 20.8 Å². The normalized spacial score (nSPS) is 11.3. The highest BCUT2D eigenvalue weighted by Gasteiger charge is 2.15. The van der Waals surface area contributed by atoms with Crippen molar-refractivity contribution in [3.05, 3.63) is 59.0 Å². The lowest BCUT2D eigenvalue weighted by Crippen LogP contribution is -2.35. The summed E-state index contributed by atoms with van der Waals surface area (Å²) in [6.07, 6.45) is 0. The molecule has 0 spiro atoms. The number of fused-ring (bicyclic) bond motifs is 1. The third kappa shape index (κ3) is 5.26. The topological polar surface area (TPSA) is 83.0 Å². The molecule has 2 amide bonds. The Morgan fingerprint density at radius 1 is 1.12 bits per heavy atom. The summed E-state index contributed by atoms with van der Waals surface area (Å²) in [6.45, 7) is 7.34. The lowest BCUT2D eigenvalue weighted by Gasteiger charge is -2.23. The minimum absolute atomic E-state index is 0.174. The molecule has 3 aromatic rings. The van der Waals surface area contributed by atoms with Crippen molar-refractivity contribution >= 4 is 44.6 Å². The maximum Gasteiger partial charge on any atom is 0.259 e. The van der Waals surface area contributed by atoms with Crippen LogP contribution in [0.15, 0.2) is 52.9 Å². The summed E-state index contributed by atoms with van der Waals surface area (Å²) in [5.41, 5.74) is 5.52. The van der Waals surface area contributed by atoms with E-state index in [-0.39, 0.29) is 12.5 Å². The van der Waals surface area contributed by atoms with Crippen molar-refractivity contribution in [2.75, 3.05) is 31.6 Å². The van der Waals surface area contributed by atoms with Crippen LogP contribution < -0.4 is 20.4 Å². The third-order valence-electron chi connectivity index (χ3n) is 5.17. The van der Waals surface area contributed by atoms with Crippen molar-refractivity contribution < 1.29 is 14.3 Å². The monoisotopic (exact) mass is 452 g/mol. The van der Waals surface area contributed by atoms with Gasteiger partial charge in [0.1, 0.15) is 5.75 Å². The van der Waals surface area contributed by atoms with Gasteiger partial charge >= 0.3 is 0 Å². The average Bonchev–Trinajstić information content (AvgIpc) is 3.26. The number of anilines is 1. The quantitative estimate of drug-likeness (QED) is 0.379. The SMILES string of the molecule is CCN(CC)c1cc(C(=O)NCC(=O)N/N=C(\C)c2csc3ccccc23)ccc1OC. The smallest absolute Gasteiger partial charge is 0.259 e. The summed E-state index contributed by atoms with van der Waals surface area (Å²) in [4.78, 5) is 26.9. The Morgan fingerprint density at radius 2 is 1.88 bits per heavy atom. The van der Waals surface area contributed by atoms with Crippen LogP contribution in [0, 0.1) is 0 Å². The molecular formula is C24H28N4O3S. The second-order valence-electron chi connectivity index (χ2n) is 7.12. The first-order chi connectivity index (χ1) is 15.5. The van der Waals surface area contributed by atoms with E-state index < -0.39 is 5.91 Å². The molecule has 0 bridgehead atoms. The van der Waals surface area contributed by atoms with E-state index in [1.54, 1.807) is 36.6 Å². The Hall–Kier alpha value is -3.39. The number of nitrogens with one attached hydrogen (secondary N) is 2. The van der Waals surface area contributed by atoms with Crippen LogP contribution in [0.3, 0.4) is 0 Å². The van der Waals surface area contributed by atoms with Gasteiger partial charge < -0.3 is 15.0 Å². The van der Waals surface area contributed by atoms with Crippen LogP contribution in [0.4, 0.5) is 5.69 Å². The van der Waals surface area contributed by atoms with Gasteiger partial charge in [-0.15, -0.1) is 11.3 Å². The summed E-state index contributed by atoms with van der Waals surface area (Å²) in [6, 6.07) is 13.3. The lowest BCUT2D eigenvalue weighted by atomic mass is 10.1. The molecule has 0 fully saturated rings. The number of carbonyl (C=O) groups is 2. The number of nitrogens with zero attached hydrogens (tertiary/aromatic N) is 2. The van der Waals surface area contributed by atoms with Crippen molar-refractivity contribution in [3.8, 4) is 5.75 Å². The van der Waals surface area contributed by atoms with Gasteiger partial charge in [-0.05, 0) is 45.0 Å². The molecule has 0 radical (unpaired) electrons. The van der Waals surface area contributed by atoms with E-state index in [0.717, 1.165) is 29.7 Å². The predicted octanol–water partition coefficient (Wildman–Crippen LogP) is 4.03. The first kappa shape index (κ1) is 23.3. The fraction of sp³-hybridized carbons (Fsp3) is 0.292. The molecule has 0 aliphatic carbocycles. The summed E-state index contributed by atoms with van der Waals surface area (Å²) in [5.74, 6) is -0.0239. The molecular weight excluding hydrogens is 424 g/mol. The summed E-state index contributed by atoms with van der Waals surface area (Å²) < 4.78 is 6.59. The van der Waals surface area contributed by atoms with E-state index in [9.17, 15) is 9.59 Å². The van der Waals surface area contributed by atoms with E-state index in [1.165, 1.54) is 4.70 Å². The van der Waals surface area contributed by atoms with Gasteiger partial charge in [0.2, 0.25) is 0 Å². The average molecular weight is 453 g/mol. The number of hydrogen-bond acceptors (Lipinski definition) is 6. The number of hydrogen-bond donors (Lipinski definition) is 2. The Morgan fingerprint density at radius 3 is 2.59 bits per heavy atom. The van der Waals surface area contributed by atoms with Crippen LogP contribution in [0.25, 0.3) is 10.1 Å². The standard InChI is InChI=1S/C24H28N4O3S/c1-5-28(6-2)20-13-17(11-12-21(20)31-4)24(30)25-14-23(29)27-26-16(3)19-15-32-22-10-8-7-9-18(19)22/h7-13,15H,5-6,14H2,1-4H3,(H,25,30)(H,27,29)/b26-16+. The molecule has 168 valence electrons. The van der Waals surface area contributed by atoms with Gasteiger partial charge in [-0.25, -0.2) is 5.43 Å². The van der Waals surface area contributed by atoms with Crippen LogP contribution in [-0.2, 0) is 4.79 Å². The molecule has 2 N–H and O–H groups in total. The van der Waals surface area contributed by atoms with Crippen LogP contribution in [-0.4, -0.2) is 44.3 Å². The number of thiophene rings is 1. The van der Waals surface area contributed by atoms with Gasteiger partial charge in [0.25, 0.3) is 11.8 Å². The van der Waals surface area contributed by atoms with Gasteiger partial charge in [-0.2, -0.15) is 5.10 Å². The van der Waals surface area contributed by atoms with E-state index in [1.807, 2.05) is 44.4 Å².